The molecule has 1 aliphatic rings. The fraction of sp³-hybridized carbons (Fsp3) is 0.308. The number of nitrogens with zero attached hydrogens (tertiary/aromatic N) is 1. The number of anilines is 1. The average molecular weight is 325 g/mol. The quantitative estimate of drug-likeness (QED) is 0.796. The number of halogens is 6. The molecule has 0 N–H and O–H groups in total. The molecule has 0 radical (unpaired) electrons. The van der Waals surface area contributed by atoms with Crippen LogP contribution in [0, 0.1) is 0 Å². The molecule has 1 atom stereocenters. The van der Waals surface area contributed by atoms with E-state index in [-0.39, 0.29) is 5.69 Å². The van der Waals surface area contributed by atoms with Gasteiger partial charge in [0.25, 0.3) is 5.91 Å². The van der Waals surface area contributed by atoms with Crippen LogP contribution in [0.15, 0.2) is 36.4 Å². The zero-order valence-corrected chi connectivity index (χ0v) is 10.8. The molecule has 3 nitrogen and oxygen atoms in total. The van der Waals surface area contributed by atoms with Crippen molar-refractivity contribution in [2.45, 2.75) is 18.6 Å². The highest BCUT2D eigenvalue weighted by Crippen LogP contribution is 2.32. The van der Waals surface area contributed by atoms with Crippen molar-refractivity contribution in [3.05, 3.63) is 42.0 Å². The summed E-state index contributed by atoms with van der Waals surface area (Å²) in [6.07, 6.45) is -8.33. The summed E-state index contributed by atoms with van der Waals surface area (Å²) in [5.74, 6) is -0.674. The monoisotopic (exact) mass is 325 g/mol. The lowest BCUT2D eigenvalue weighted by molar-refractivity contribution is -0.180. The van der Waals surface area contributed by atoms with Gasteiger partial charge in [0.2, 0.25) is 0 Å². The molecule has 0 aliphatic carbocycles. The van der Waals surface area contributed by atoms with Gasteiger partial charge in [0, 0.05) is 11.8 Å². The van der Waals surface area contributed by atoms with E-state index in [2.05, 4.69) is 4.74 Å². The van der Waals surface area contributed by atoms with Gasteiger partial charge < -0.3 is 4.74 Å². The molecule has 0 aromatic heterocycles. The second-order valence-electron chi connectivity index (χ2n) is 4.43. The third kappa shape index (κ3) is 3.79. The standard InChI is InChI=1S/C13H9F6NO2/c14-12(15,16)7-22-11-6-5-10(21)20(11)9-3-1-8(2-4-9)13(17,18)19/h1-6,11H,7H2. The topological polar surface area (TPSA) is 29.5 Å². The Labute approximate surface area is 120 Å². The molecule has 9 heteroatoms. The minimum Gasteiger partial charge on any atom is -0.345 e. The Morgan fingerprint density at radius 1 is 1.05 bits per heavy atom. The summed E-state index contributed by atoms with van der Waals surface area (Å²) < 4.78 is 78.4. The molecule has 0 saturated heterocycles. The Morgan fingerprint density at radius 2 is 1.64 bits per heavy atom. The highest BCUT2D eigenvalue weighted by Gasteiger charge is 2.35. The van der Waals surface area contributed by atoms with Crippen LogP contribution < -0.4 is 4.90 Å². The molecule has 1 heterocycles. The van der Waals surface area contributed by atoms with E-state index in [0.29, 0.717) is 0 Å². The molecule has 1 amide bonds. The van der Waals surface area contributed by atoms with Crippen molar-refractivity contribution in [3.8, 4) is 0 Å². The molecule has 0 spiro atoms. The second kappa shape index (κ2) is 5.64. The van der Waals surface area contributed by atoms with E-state index < -0.39 is 36.7 Å². The summed E-state index contributed by atoms with van der Waals surface area (Å²) in [7, 11) is 0. The third-order valence-electron chi connectivity index (χ3n) is 2.79. The van der Waals surface area contributed by atoms with Crippen LogP contribution in [0.25, 0.3) is 0 Å². The average Bonchev–Trinajstić information content (AvgIpc) is 2.76. The van der Waals surface area contributed by atoms with E-state index in [9.17, 15) is 31.1 Å². The summed E-state index contributed by atoms with van der Waals surface area (Å²) in [5, 5.41) is 0. The SMILES string of the molecule is O=C1C=CC(OCC(F)(F)F)N1c1ccc(C(F)(F)F)cc1. The number of benzene rings is 1. The normalized spacial score (nSPS) is 19.1. The number of rotatable bonds is 3. The van der Waals surface area contributed by atoms with Crippen LogP contribution in [0.5, 0.6) is 0 Å². The molecule has 1 aromatic carbocycles. The first-order chi connectivity index (χ1) is 10.1. The van der Waals surface area contributed by atoms with Crippen LogP contribution in [-0.4, -0.2) is 24.9 Å². The maximum atomic E-state index is 12.5. The van der Waals surface area contributed by atoms with Crippen molar-refractivity contribution >= 4 is 11.6 Å². The van der Waals surface area contributed by atoms with Gasteiger partial charge in [-0.3, -0.25) is 9.69 Å². The van der Waals surface area contributed by atoms with Crippen molar-refractivity contribution in [2.75, 3.05) is 11.5 Å². The zero-order valence-electron chi connectivity index (χ0n) is 10.8. The second-order valence-corrected chi connectivity index (χ2v) is 4.43. The lowest BCUT2D eigenvalue weighted by Gasteiger charge is -2.25. The number of carbonyl (C=O) groups excluding carboxylic acids is 1. The fourth-order valence-electron chi connectivity index (χ4n) is 1.85. The zero-order chi connectivity index (χ0) is 16.5. The van der Waals surface area contributed by atoms with Gasteiger partial charge in [0.05, 0.1) is 5.56 Å². The van der Waals surface area contributed by atoms with Crippen LogP contribution in [0.1, 0.15) is 5.56 Å². The fourth-order valence-corrected chi connectivity index (χ4v) is 1.85. The van der Waals surface area contributed by atoms with Gasteiger partial charge in [0.15, 0.2) is 6.23 Å². The third-order valence-corrected chi connectivity index (χ3v) is 2.79. The van der Waals surface area contributed by atoms with Crippen molar-refractivity contribution in [1.29, 1.82) is 0 Å². The number of hydrogen-bond acceptors (Lipinski definition) is 2. The Bertz CT molecular complexity index is 576. The van der Waals surface area contributed by atoms with Gasteiger partial charge in [0.1, 0.15) is 6.61 Å². The summed E-state index contributed by atoms with van der Waals surface area (Å²) in [5.41, 5.74) is -0.918. The van der Waals surface area contributed by atoms with Crippen LogP contribution >= 0.6 is 0 Å². The van der Waals surface area contributed by atoms with Crippen molar-refractivity contribution in [3.63, 3.8) is 0 Å². The van der Waals surface area contributed by atoms with Crippen molar-refractivity contribution in [2.24, 2.45) is 0 Å². The van der Waals surface area contributed by atoms with Gasteiger partial charge in [-0.1, -0.05) is 0 Å². The van der Waals surface area contributed by atoms with E-state index in [1.165, 1.54) is 0 Å². The lowest BCUT2D eigenvalue weighted by atomic mass is 10.2. The Kier molecular flexibility index (Phi) is 4.19. The molecule has 0 fully saturated rings. The summed E-state index contributed by atoms with van der Waals surface area (Å²) in [6, 6.07) is 3.47. The molecule has 1 unspecified atom stereocenters. The largest absolute Gasteiger partial charge is 0.416 e. The van der Waals surface area contributed by atoms with Crippen molar-refractivity contribution in [1.82, 2.24) is 0 Å². The van der Waals surface area contributed by atoms with E-state index in [1.807, 2.05) is 0 Å². The highest BCUT2D eigenvalue weighted by atomic mass is 19.4. The Morgan fingerprint density at radius 3 is 2.14 bits per heavy atom. The first-order valence-corrected chi connectivity index (χ1v) is 5.95. The smallest absolute Gasteiger partial charge is 0.345 e. The minimum absolute atomic E-state index is 0.00942. The van der Waals surface area contributed by atoms with Gasteiger partial charge >= 0.3 is 12.4 Å². The molecular formula is C13H9F6NO2. The van der Waals surface area contributed by atoms with Crippen LogP contribution in [0.4, 0.5) is 32.0 Å². The molecule has 0 bridgehead atoms. The minimum atomic E-state index is -4.58. The summed E-state index contributed by atoms with van der Waals surface area (Å²) in [6.45, 7) is -1.58. The first-order valence-electron chi connectivity index (χ1n) is 5.95. The number of carbonyl (C=O) groups is 1. The van der Waals surface area contributed by atoms with Gasteiger partial charge in [-0.05, 0) is 30.3 Å². The van der Waals surface area contributed by atoms with Gasteiger partial charge in [-0.25, -0.2) is 0 Å². The molecule has 22 heavy (non-hydrogen) atoms. The predicted molar refractivity (Wildman–Crippen MR) is 63.9 cm³/mol. The maximum absolute atomic E-state index is 12.5. The maximum Gasteiger partial charge on any atom is 0.416 e. The number of amides is 1. The van der Waals surface area contributed by atoms with E-state index in [0.717, 1.165) is 41.3 Å². The summed E-state index contributed by atoms with van der Waals surface area (Å²) >= 11 is 0. The lowest BCUT2D eigenvalue weighted by Crippen LogP contribution is -2.37. The number of alkyl halides is 6. The van der Waals surface area contributed by atoms with E-state index in [4.69, 9.17) is 0 Å². The van der Waals surface area contributed by atoms with E-state index >= 15 is 0 Å². The molecule has 1 aliphatic heterocycles. The van der Waals surface area contributed by atoms with Crippen molar-refractivity contribution < 1.29 is 35.9 Å². The van der Waals surface area contributed by atoms with Gasteiger partial charge in [-0.2, -0.15) is 26.3 Å². The van der Waals surface area contributed by atoms with Crippen LogP contribution in [0.2, 0.25) is 0 Å². The van der Waals surface area contributed by atoms with Crippen LogP contribution in [-0.2, 0) is 15.7 Å². The number of hydrogen-bond donors (Lipinski definition) is 0. The molecule has 1 aromatic rings. The molecule has 0 saturated carbocycles. The van der Waals surface area contributed by atoms with E-state index in [1.54, 1.807) is 0 Å². The Balaban J connectivity index is 2.16. The van der Waals surface area contributed by atoms with Gasteiger partial charge in [-0.15, -0.1) is 0 Å². The molecule has 120 valence electrons. The highest BCUT2D eigenvalue weighted by molar-refractivity contribution is 6.04. The predicted octanol–water partition coefficient (Wildman–Crippen LogP) is 3.51. The van der Waals surface area contributed by atoms with Crippen LogP contribution in [0.3, 0.4) is 0 Å². The molecule has 2 rings (SSSR count). The Hall–Kier alpha value is -2.03. The number of ether oxygens (including phenoxy) is 1. The molecular weight excluding hydrogens is 316 g/mol. The summed E-state index contributed by atoms with van der Waals surface area (Å²) in [4.78, 5) is 12.5. The first kappa shape index (κ1) is 16.3.